The van der Waals surface area contributed by atoms with Gasteiger partial charge in [-0.25, -0.2) is 8.78 Å². The summed E-state index contributed by atoms with van der Waals surface area (Å²) in [4.78, 5) is 17.3. The highest BCUT2D eigenvalue weighted by Gasteiger charge is 2.38. The van der Waals surface area contributed by atoms with Crippen molar-refractivity contribution < 1.29 is 23.4 Å². The van der Waals surface area contributed by atoms with E-state index in [4.69, 9.17) is 4.74 Å². The van der Waals surface area contributed by atoms with E-state index in [1.807, 2.05) is 0 Å². The highest BCUT2D eigenvalue weighted by molar-refractivity contribution is 9.09. The Morgan fingerprint density at radius 1 is 1.03 bits per heavy atom. The fourth-order valence-electron chi connectivity index (χ4n) is 4.01. The van der Waals surface area contributed by atoms with E-state index in [1.54, 1.807) is 29.2 Å². The SMILES string of the molecule is O=C(C1=C(C(O)CBr)COC1c1ccc(F)cc1)N1CCN(c2ccc(F)cc2)CC1. The van der Waals surface area contributed by atoms with Gasteiger partial charge in [0.05, 0.1) is 18.3 Å². The standard InChI is InChI=1S/C23H23BrF2N2O3/c24-13-20(29)19-14-31-22(15-1-3-16(25)4-2-15)21(19)23(30)28-11-9-27(10-12-28)18-7-5-17(26)6-8-18/h1-8,20,22,29H,9-14H2. The lowest BCUT2D eigenvalue weighted by atomic mass is 9.95. The maximum Gasteiger partial charge on any atom is 0.253 e. The molecule has 1 saturated heterocycles. The molecule has 2 unspecified atom stereocenters. The molecule has 1 fully saturated rings. The maximum absolute atomic E-state index is 13.5. The van der Waals surface area contributed by atoms with Gasteiger partial charge in [0.15, 0.2) is 0 Å². The number of ether oxygens (including phenoxy) is 1. The average Bonchev–Trinajstić information content (AvgIpc) is 3.24. The number of carbonyl (C=O) groups excluding carboxylic acids is 1. The first kappa shape index (κ1) is 21.9. The van der Waals surface area contributed by atoms with Crippen LogP contribution in [0.1, 0.15) is 11.7 Å². The summed E-state index contributed by atoms with van der Waals surface area (Å²) in [6.45, 7) is 2.36. The van der Waals surface area contributed by atoms with Crippen LogP contribution in [0.25, 0.3) is 0 Å². The average molecular weight is 493 g/mol. The van der Waals surface area contributed by atoms with Crippen molar-refractivity contribution in [2.24, 2.45) is 0 Å². The van der Waals surface area contributed by atoms with Gasteiger partial charge in [0.25, 0.3) is 5.91 Å². The molecule has 2 aliphatic rings. The van der Waals surface area contributed by atoms with Crippen LogP contribution in [-0.4, -0.2) is 60.1 Å². The predicted octanol–water partition coefficient (Wildman–Crippen LogP) is 3.44. The van der Waals surface area contributed by atoms with E-state index >= 15 is 0 Å². The molecule has 2 aromatic carbocycles. The molecule has 0 aromatic heterocycles. The molecule has 31 heavy (non-hydrogen) atoms. The smallest absolute Gasteiger partial charge is 0.253 e. The normalized spacial score (nSPS) is 20.3. The Balaban J connectivity index is 1.54. The molecule has 1 N–H and O–H groups in total. The minimum atomic E-state index is -0.843. The number of halogens is 3. The van der Waals surface area contributed by atoms with E-state index in [9.17, 15) is 18.7 Å². The molecule has 2 aromatic rings. The van der Waals surface area contributed by atoms with Crippen molar-refractivity contribution in [2.45, 2.75) is 12.2 Å². The maximum atomic E-state index is 13.5. The summed E-state index contributed by atoms with van der Waals surface area (Å²) in [6, 6.07) is 12.2. The second-order valence-electron chi connectivity index (χ2n) is 7.61. The van der Waals surface area contributed by atoms with E-state index < -0.39 is 12.2 Å². The summed E-state index contributed by atoms with van der Waals surface area (Å²) in [6.07, 6.45) is -1.49. The summed E-state index contributed by atoms with van der Waals surface area (Å²) >= 11 is 3.27. The van der Waals surface area contributed by atoms with E-state index in [-0.39, 0.29) is 29.5 Å². The third kappa shape index (κ3) is 4.66. The van der Waals surface area contributed by atoms with Crippen LogP contribution in [0.5, 0.6) is 0 Å². The molecular formula is C23H23BrF2N2O3. The topological polar surface area (TPSA) is 53.0 Å². The van der Waals surface area contributed by atoms with Crippen molar-refractivity contribution in [2.75, 3.05) is 43.0 Å². The number of hydrogen-bond donors (Lipinski definition) is 1. The van der Waals surface area contributed by atoms with Crippen LogP contribution in [0.2, 0.25) is 0 Å². The molecule has 4 rings (SSSR count). The van der Waals surface area contributed by atoms with Crippen LogP contribution in [0.15, 0.2) is 59.7 Å². The Kier molecular flexibility index (Phi) is 6.69. The lowest BCUT2D eigenvalue weighted by Gasteiger charge is -2.37. The van der Waals surface area contributed by atoms with Crippen molar-refractivity contribution in [1.29, 1.82) is 0 Å². The fraction of sp³-hybridized carbons (Fsp3) is 0.348. The minimum absolute atomic E-state index is 0.144. The molecule has 8 heteroatoms. The monoisotopic (exact) mass is 492 g/mol. The van der Waals surface area contributed by atoms with Crippen LogP contribution in [0.4, 0.5) is 14.5 Å². The van der Waals surface area contributed by atoms with Crippen LogP contribution < -0.4 is 4.90 Å². The van der Waals surface area contributed by atoms with E-state index in [2.05, 4.69) is 20.8 Å². The first-order chi connectivity index (χ1) is 15.0. The predicted molar refractivity (Wildman–Crippen MR) is 117 cm³/mol. The molecule has 2 heterocycles. The summed E-state index contributed by atoms with van der Waals surface area (Å²) in [5.41, 5.74) is 2.56. The van der Waals surface area contributed by atoms with Gasteiger partial charge in [-0.1, -0.05) is 28.1 Å². The third-order valence-corrected chi connectivity index (χ3v) is 6.34. The number of hydrogen-bond acceptors (Lipinski definition) is 4. The second-order valence-corrected chi connectivity index (χ2v) is 8.25. The number of rotatable bonds is 5. The first-order valence-electron chi connectivity index (χ1n) is 10.1. The van der Waals surface area contributed by atoms with Crippen LogP contribution in [0, 0.1) is 11.6 Å². The molecule has 0 spiro atoms. The number of alkyl halides is 1. The first-order valence-corrected chi connectivity index (χ1v) is 11.2. The lowest BCUT2D eigenvalue weighted by Crippen LogP contribution is -2.49. The zero-order valence-electron chi connectivity index (χ0n) is 16.8. The number of aliphatic hydroxyl groups excluding tert-OH is 1. The van der Waals surface area contributed by atoms with Crippen LogP contribution in [0.3, 0.4) is 0 Å². The van der Waals surface area contributed by atoms with Crippen molar-refractivity contribution in [1.82, 2.24) is 4.90 Å². The van der Waals surface area contributed by atoms with E-state index in [0.29, 0.717) is 42.9 Å². The van der Waals surface area contributed by atoms with Crippen molar-refractivity contribution >= 4 is 27.5 Å². The Morgan fingerprint density at radius 2 is 1.61 bits per heavy atom. The van der Waals surface area contributed by atoms with Crippen LogP contribution >= 0.6 is 15.9 Å². The van der Waals surface area contributed by atoms with Gasteiger partial charge < -0.3 is 19.6 Å². The van der Waals surface area contributed by atoms with Crippen molar-refractivity contribution in [3.8, 4) is 0 Å². The minimum Gasteiger partial charge on any atom is -0.388 e. The molecule has 0 saturated carbocycles. The molecule has 1 amide bonds. The van der Waals surface area contributed by atoms with Gasteiger partial charge in [-0.05, 0) is 47.5 Å². The zero-order valence-corrected chi connectivity index (χ0v) is 18.4. The largest absolute Gasteiger partial charge is 0.388 e. The third-order valence-electron chi connectivity index (χ3n) is 5.72. The Bertz CT molecular complexity index is 958. The fourth-order valence-corrected chi connectivity index (χ4v) is 4.40. The van der Waals surface area contributed by atoms with Crippen LogP contribution in [-0.2, 0) is 9.53 Å². The number of anilines is 1. The number of aliphatic hydroxyl groups is 1. The highest BCUT2D eigenvalue weighted by Crippen LogP contribution is 2.37. The van der Waals surface area contributed by atoms with Gasteiger partial charge in [0.1, 0.15) is 17.7 Å². The second kappa shape index (κ2) is 9.46. The number of nitrogens with zero attached hydrogens (tertiary/aromatic N) is 2. The summed E-state index contributed by atoms with van der Waals surface area (Å²) < 4.78 is 32.4. The molecule has 0 radical (unpaired) electrons. The Morgan fingerprint density at radius 3 is 2.19 bits per heavy atom. The van der Waals surface area contributed by atoms with E-state index in [1.165, 1.54) is 24.3 Å². The molecule has 5 nitrogen and oxygen atoms in total. The highest BCUT2D eigenvalue weighted by atomic mass is 79.9. The number of piperazine rings is 1. The van der Waals surface area contributed by atoms with Gasteiger partial charge in [0, 0.05) is 37.2 Å². The Hall–Kier alpha value is -2.29. The lowest BCUT2D eigenvalue weighted by molar-refractivity contribution is -0.128. The van der Waals surface area contributed by atoms with Crippen molar-refractivity contribution in [3.63, 3.8) is 0 Å². The Labute approximate surface area is 188 Å². The van der Waals surface area contributed by atoms with Gasteiger partial charge in [0.2, 0.25) is 0 Å². The number of amides is 1. The summed E-state index contributed by atoms with van der Waals surface area (Å²) in [7, 11) is 0. The molecule has 0 bridgehead atoms. The molecule has 0 aliphatic carbocycles. The number of carbonyl (C=O) groups is 1. The summed E-state index contributed by atoms with van der Waals surface area (Å²) in [5.74, 6) is -0.827. The van der Waals surface area contributed by atoms with E-state index in [0.717, 1.165) is 5.69 Å². The van der Waals surface area contributed by atoms with Gasteiger partial charge in [-0.3, -0.25) is 4.79 Å². The summed E-state index contributed by atoms with van der Waals surface area (Å²) in [5, 5.41) is 10.7. The molecule has 2 aliphatic heterocycles. The van der Waals surface area contributed by atoms with Gasteiger partial charge >= 0.3 is 0 Å². The molecule has 2 atom stereocenters. The molecule has 164 valence electrons. The quantitative estimate of drug-likeness (QED) is 0.649. The molecular weight excluding hydrogens is 470 g/mol. The number of benzene rings is 2. The van der Waals surface area contributed by atoms with Crippen molar-refractivity contribution in [3.05, 3.63) is 76.9 Å². The zero-order chi connectivity index (χ0) is 22.0. The van der Waals surface area contributed by atoms with Gasteiger partial charge in [-0.15, -0.1) is 0 Å². The van der Waals surface area contributed by atoms with Gasteiger partial charge in [-0.2, -0.15) is 0 Å².